The number of sulfonamides is 1. The number of halogens is 1. The van der Waals surface area contributed by atoms with Crippen LogP contribution < -0.4 is 5.73 Å². The van der Waals surface area contributed by atoms with Crippen LogP contribution in [0.2, 0.25) is 0 Å². The lowest BCUT2D eigenvalue weighted by atomic mass is 10.3. The van der Waals surface area contributed by atoms with Gasteiger partial charge in [-0.05, 0) is 32.0 Å². The Hall–Kier alpha value is -1.18. The Balaban J connectivity index is 2.81. The van der Waals surface area contributed by atoms with Crippen molar-refractivity contribution in [3.63, 3.8) is 0 Å². The summed E-state index contributed by atoms with van der Waals surface area (Å²) < 4.78 is 44.0. The first kappa shape index (κ1) is 15.9. The molecular weight excluding hydrogens is 271 g/mol. The smallest absolute Gasteiger partial charge is 0.243 e. The maximum atomic E-state index is 13.3. The third-order valence-corrected chi connectivity index (χ3v) is 4.39. The molecule has 0 amide bonds. The van der Waals surface area contributed by atoms with Crippen LogP contribution in [-0.4, -0.2) is 39.0 Å². The number of rotatable bonds is 6. The molecule has 0 aliphatic rings. The van der Waals surface area contributed by atoms with E-state index in [1.54, 1.807) is 0 Å². The second-order valence-corrected chi connectivity index (χ2v) is 6.47. The molecule has 5 nitrogen and oxygen atoms in total. The minimum absolute atomic E-state index is 0.0325. The maximum Gasteiger partial charge on any atom is 0.243 e. The summed E-state index contributed by atoms with van der Waals surface area (Å²) >= 11 is 0. The van der Waals surface area contributed by atoms with E-state index < -0.39 is 15.8 Å². The molecule has 0 aliphatic carbocycles. The molecule has 0 atom stereocenters. The number of benzene rings is 1. The van der Waals surface area contributed by atoms with Crippen molar-refractivity contribution in [1.82, 2.24) is 4.31 Å². The van der Waals surface area contributed by atoms with Crippen LogP contribution in [-0.2, 0) is 14.8 Å². The second kappa shape index (κ2) is 6.31. The van der Waals surface area contributed by atoms with Gasteiger partial charge in [-0.2, -0.15) is 4.31 Å². The number of nitrogens with two attached hydrogens (primary N) is 1. The Morgan fingerprint density at radius 1 is 1.42 bits per heavy atom. The average Bonchev–Trinajstić information content (AvgIpc) is 2.31. The van der Waals surface area contributed by atoms with Crippen LogP contribution in [0, 0.1) is 5.82 Å². The van der Waals surface area contributed by atoms with Crippen molar-refractivity contribution in [1.29, 1.82) is 0 Å². The molecule has 0 radical (unpaired) electrons. The van der Waals surface area contributed by atoms with Crippen LogP contribution in [0.5, 0.6) is 0 Å². The van der Waals surface area contributed by atoms with Gasteiger partial charge in [0.1, 0.15) is 5.82 Å². The molecule has 0 spiro atoms. The first-order valence-electron chi connectivity index (χ1n) is 5.88. The van der Waals surface area contributed by atoms with Crippen molar-refractivity contribution >= 4 is 15.7 Å². The van der Waals surface area contributed by atoms with E-state index in [1.165, 1.54) is 19.2 Å². The molecule has 0 bridgehead atoms. The van der Waals surface area contributed by atoms with Gasteiger partial charge >= 0.3 is 0 Å². The largest absolute Gasteiger partial charge is 0.396 e. The van der Waals surface area contributed by atoms with E-state index in [9.17, 15) is 12.8 Å². The molecule has 0 heterocycles. The van der Waals surface area contributed by atoms with Gasteiger partial charge in [-0.1, -0.05) is 0 Å². The Morgan fingerprint density at radius 3 is 2.58 bits per heavy atom. The number of nitrogen functional groups attached to an aromatic ring is 1. The van der Waals surface area contributed by atoms with Crippen LogP contribution >= 0.6 is 0 Å². The fourth-order valence-corrected chi connectivity index (χ4v) is 2.55. The Morgan fingerprint density at radius 2 is 2.05 bits per heavy atom. The highest BCUT2D eigenvalue weighted by molar-refractivity contribution is 7.89. The Bertz CT molecular complexity index is 532. The van der Waals surface area contributed by atoms with E-state index >= 15 is 0 Å². The average molecular weight is 290 g/mol. The van der Waals surface area contributed by atoms with Crippen molar-refractivity contribution in [2.45, 2.75) is 24.8 Å². The van der Waals surface area contributed by atoms with Gasteiger partial charge in [0.25, 0.3) is 0 Å². The minimum Gasteiger partial charge on any atom is -0.396 e. The number of anilines is 1. The summed E-state index contributed by atoms with van der Waals surface area (Å²) in [6.45, 7) is 4.21. The first-order chi connectivity index (χ1) is 8.75. The lowest BCUT2D eigenvalue weighted by Crippen LogP contribution is -2.31. The number of likely N-dealkylation sites (N-methyl/N-ethyl adjacent to an activating group) is 1. The zero-order chi connectivity index (χ0) is 14.6. The Labute approximate surface area is 113 Å². The second-order valence-electron chi connectivity index (χ2n) is 4.43. The molecule has 1 rings (SSSR count). The van der Waals surface area contributed by atoms with Crippen LogP contribution in [0.3, 0.4) is 0 Å². The molecule has 0 fully saturated rings. The molecule has 0 aromatic heterocycles. The molecule has 108 valence electrons. The van der Waals surface area contributed by atoms with Crippen molar-refractivity contribution in [3.8, 4) is 0 Å². The molecule has 0 saturated carbocycles. The highest BCUT2D eigenvalue weighted by Crippen LogP contribution is 2.19. The van der Waals surface area contributed by atoms with E-state index in [0.717, 1.165) is 10.4 Å². The molecule has 7 heteroatoms. The summed E-state index contributed by atoms with van der Waals surface area (Å²) in [4.78, 5) is -0.119. The Kier molecular flexibility index (Phi) is 5.28. The summed E-state index contributed by atoms with van der Waals surface area (Å²) in [5, 5.41) is 0. The third-order valence-electron chi connectivity index (χ3n) is 2.54. The topological polar surface area (TPSA) is 72.6 Å². The van der Waals surface area contributed by atoms with Gasteiger partial charge in [-0.25, -0.2) is 12.8 Å². The van der Waals surface area contributed by atoms with Gasteiger partial charge in [0.15, 0.2) is 0 Å². The van der Waals surface area contributed by atoms with E-state index in [4.69, 9.17) is 10.5 Å². The van der Waals surface area contributed by atoms with Gasteiger partial charge in [0.05, 0.1) is 23.3 Å². The van der Waals surface area contributed by atoms with Crippen molar-refractivity contribution < 1.29 is 17.5 Å². The van der Waals surface area contributed by atoms with E-state index in [2.05, 4.69) is 0 Å². The first-order valence-corrected chi connectivity index (χ1v) is 7.32. The predicted molar refractivity (Wildman–Crippen MR) is 71.7 cm³/mol. The van der Waals surface area contributed by atoms with Gasteiger partial charge in [-0.15, -0.1) is 0 Å². The molecule has 0 unspecified atom stereocenters. The van der Waals surface area contributed by atoms with Gasteiger partial charge in [0, 0.05) is 13.6 Å². The quantitative estimate of drug-likeness (QED) is 0.805. The SMILES string of the molecule is CC(C)OCCN(C)S(=O)(=O)c1ccc(N)c(F)c1. The van der Waals surface area contributed by atoms with Crippen molar-refractivity contribution in [2.75, 3.05) is 25.9 Å². The van der Waals surface area contributed by atoms with E-state index in [0.29, 0.717) is 0 Å². The molecule has 2 N–H and O–H groups in total. The van der Waals surface area contributed by atoms with Gasteiger partial charge in [-0.3, -0.25) is 0 Å². The number of ether oxygens (including phenoxy) is 1. The lowest BCUT2D eigenvalue weighted by molar-refractivity contribution is 0.0737. The van der Waals surface area contributed by atoms with E-state index in [-0.39, 0.29) is 29.8 Å². The number of hydrogen-bond acceptors (Lipinski definition) is 4. The van der Waals surface area contributed by atoms with Crippen LogP contribution in [0.4, 0.5) is 10.1 Å². The lowest BCUT2D eigenvalue weighted by Gasteiger charge is -2.18. The molecule has 0 saturated heterocycles. The zero-order valence-corrected chi connectivity index (χ0v) is 12.1. The summed E-state index contributed by atoms with van der Waals surface area (Å²) in [6.07, 6.45) is 0.0325. The van der Waals surface area contributed by atoms with Gasteiger partial charge < -0.3 is 10.5 Å². The normalized spacial score (nSPS) is 12.3. The fourth-order valence-electron chi connectivity index (χ4n) is 1.39. The molecule has 1 aromatic carbocycles. The third kappa shape index (κ3) is 4.15. The molecular formula is C12H19FN2O3S. The van der Waals surface area contributed by atoms with Crippen LogP contribution in [0.15, 0.2) is 23.1 Å². The van der Waals surface area contributed by atoms with Crippen molar-refractivity contribution in [2.24, 2.45) is 0 Å². The summed E-state index contributed by atoms with van der Waals surface area (Å²) in [5.74, 6) is -0.743. The molecule has 19 heavy (non-hydrogen) atoms. The standard InChI is InChI=1S/C12H19FN2O3S/c1-9(2)18-7-6-15(3)19(16,17)10-4-5-12(14)11(13)8-10/h4-5,8-9H,6-7,14H2,1-3H3. The van der Waals surface area contributed by atoms with Crippen molar-refractivity contribution in [3.05, 3.63) is 24.0 Å². The van der Waals surface area contributed by atoms with Crippen LogP contribution in [0.1, 0.15) is 13.8 Å². The molecule has 1 aromatic rings. The van der Waals surface area contributed by atoms with Gasteiger partial charge in [0.2, 0.25) is 10.0 Å². The summed E-state index contributed by atoms with van der Waals surface area (Å²) in [6, 6.07) is 3.44. The number of hydrogen-bond donors (Lipinski definition) is 1. The number of nitrogens with zero attached hydrogens (tertiary/aromatic N) is 1. The fraction of sp³-hybridized carbons (Fsp3) is 0.500. The van der Waals surface area contributed by atoms with Crippen LogP contribution in [0.25, 0.3) is 0 Å². The van der Waals surface area contributed by atoms with E-state index in [1.807, 2.05) is 13.8 Å². The monoisotopic (exact) mass is 290 g/mol. The summed E-state index contributed by atoms with van der Waals surface area (Å²) in [7, 11) is -2.29. The predicted octanol–water partition coefficient (Wildman–Crippen LogP) is 1.45. The minimum atomic E-state index is -3.72. The molecule has 0 aliphatic heterocycles. The highest BCUT2D eigenvalue weighted by atomic mass is 32.2. The maximum absolute atomic E-state index is 13.3. The summed E-state index contributed by atoms with van der Waals surface area (Å²) in [5.41, 5.74) is 5.24. The zero-order valence-electron chi connectivity index (χ0n) is 11.3. The highest BCUT2D eigenvalue weighted by Gasteiger charge is 2.21.